The van der Waals surface area contributed by atoms with Crippen molar-refractivity contribution in [1.82, 2.24) is 0 Å². The van der Waals surface area contributed by atoms with Crippen molar-refractivity contribution in [2.24, 2.45) is 0 Å². The summed E-state index contributed by atoms with van der Waals surface area (Å²) < 4.78 is 0. The van der Waals surface area contributed by atoms with Crippen molar-refractivity contribution in [1.29, 1.82) is 0 Å². The van der Waals surface area contributed by atoms with E-state index < -0.39 is 0 Å². The van der Waals surface area contributed by atoms with Crippen LogP contribution in [0.5, 0.6) is 5.75 Å². The Morgan fingerprint density at radius 2 is 2.23 bits per heavy atom. The molecular formula is C11H14O2. The number of aromatic hydroxyl groups is 1. The largest absolute Gasteiger partial charge is 0.508 e. The summed E-state index contributed by atoms with van der Waals surface area (Å²) in [5.74, 6) is 0.862. The van der Waals surface area contributed by atoms with Crippen LogP contribution in [0, 0.1) is 0 Å². The van der Waals surface area contributed by atoms with E-state index >= 15 is 0 Å². The Balaban J connectivity index is 2.60. The third kappa shape index (κ3) is 1.22. The van der Waals surface area contributed by atoms with Crippen molar-refractivity contribution in [3.05, 3.63) is 28.8 Å². The zero-order valence-electron chi connectivity index (χ0n) is 7.75. The van der Waals surface area contributed by atoms with Crippen LogP contribution in [0.15, 0.2) is 12.1 Å². The predicted octanol–water partition coefficient (Wildman–Crippen LogP) is 1.93. The molecule has 0 spiro atoms. The van der Waals surface area contributed by atoms with Crippen LogP contribution in [0.1, 0.15) is 36.0 Å². The van der Waals surface area contributed by atoms with Gasteiger partial charge in [-0.25, -0.2) is 0 Å². The van der Waals surface area contributed by atoms with Crippen molar-refractivity contribution in [3.63, 3.8) is 0 Å². The molecule has 1 atom stereocenters. The number of phenolic OH excluding ortho intramolecular Hbond substituents is 1. The Hall–Kier alpha value is -1.02. The summed E-state index contributed by atoms with van der Waals surface area (Å²) in [4.78, 5) is 0. The van der Waals surface area contributed by atoms with Crippen LogP contribution < -0.4 is 0 Å². The summed E-state index contributed by atoms with van der Waals surface area (Å²) in [6.07, 6.45) is 2.02. The molecule has 0 saturated carbocycles. The highest BCUT2D eigenvalue weighted by atomic mass is 16.3. The van der Waals surface area contributed by atoms with E-state index in [1.807, 2.05) is 6.07 Å². The summed E-state index contributed by atoms with van der Waals surface area (Å²) in [5, 5.41) is 18.7. The van der Waals surface area contributed by atoms with Crippen molar-refractivity contribution in [3.8, 4) is 5.75 Å². The molecule has 0 radical (unpaired) electrons. The van der Waals surface area contributed by atoms with Gasteiger partial charge in [-0.1, -0.05) is 13.0 Å². The molecule has 70 valence electrons. The van der Waals surface area contributed by atoms with E-state index in [0.717, 1.165) is 24.0 Å². The Morgan fingerprint density at radius 3 is 2.92 bits per heavy atom. The number of hydrogen-bond acceptors (Lipinski definition) is 2. The van der Waals surface area contributed by atoms with Gasteiger partial charge in [0, 0.05) is 0 Å². The minimum atomic E-state index is 0.0763. The van der Waals surface area contributed by atoms with Gasteiger partial charge in [-0.05, 0) is 41.5 Å². The Morgan fingerprint density at radius 1 is 1.46 bits per heavy atom. The molecule has 0 heterocycles. The summed E-state index contributed by atoms with van der Waals surface area (Å²) in [6, 6.07) is 3.50. The number of phenols is 1. The van der Waals surface area contributed by atoms with E-state index in [1.165, 1.54) is 5.56 Å². The fourth-order valence-electron chi connectivity index (χ4n) is 2.22. The number of hydrogen-bond donors (Lipinski definition) is 2. The maximum absolute atomic E-state index is 9.59. The Kier molecular flexibility index (Phi) is 2.00. The molecule has 0 saturated heterocycles. The minimum Gasteiger partial charge on any atom is -0.508 e. The highest BCUT2D eigenvalue weighted by Crippen LogP contribution is 2.39. The fraction of sp³-hybridized carbons (Fsp3) is 0.455. The molecule has 0 bridgehead atoms. The van der Waals surface area contributed by atoms with E-state index in [0.29, 0.717) is 11.7 Å². The van der Waals surface area contributed by atoms with Gasteiger partial charge in [0.2, 0.25) is 0 Å². The third-order valence-electron chi connectivity index (χ3n) is 2.91. The molecule has 13 heavy (non-hydrogen) atoms. The van der Waals surface area contributed by atoms with Gasteiger partial charge >= 0.3 is 0 Å². The number of fused-ring (bicyclic) bond motifs is 1. The van der Waals surface area contributed by atoms with E-state index in [9.17, 15) is 5.11 Å². The Bertz CT molecular complexity index is 331. The van der Waals surface area contributed by atoms with Gasteiger partial charge < -0.3 is 10.2 Å². The fourth-order valence-corrected chi connectivity index (χ4v) is 2.22. The summed E-state index contributed by atoms with van der Waals surface area (Å²) in [7, 11) is 0. The molecule has 0 aliphatic heterocycles. The molecule has 0 aromatic heterocycles. The normalized spacial score (nSPS) is 20.3. The van der Waals surface area contributed by atoms with E-state index in [4.69, 9.17) is 5.11 Å². The molecular weight excluding hydrogens is 164 g/mol. The second kappa shape index (κ2) is 3.04. The molecule has 2 N–H and O–H groups in total. The molecule has 1 aromatic rings. The lowest BCUT2D eigenvalue weighted by Gasteiger charge is -2.10. The van der Waals surface area contributed by atoms with Gasteiger partial charge in [0.1, 0.15) is 5.75 Å². The molecule has 1 aliphatic carbocycles. The second-order valence-electron chi connectivity index (χ2n) is 3.73. The van der Waals surface area contributed by atoms with Crippen LogP contribution in [-0.2, 0) is 13.0 Å². The first kappa shape index (κ1) is 8.57. The molecule has 1 unspecified atom stereocenters. The molecule has 2 nitrogen and oxygen atoms in total. The smallest absolute Gasteiger partial charge is 0.119 e. The quantitative estimate of drug-likeness (QED) is 0.690. The van der Waals surface area contributed by atoms with Crippen molar-refractivity contribution in [2.45, 2.75) is 32.3 Å². The number of aliphatic hydroxyl groups is 1. The molecule has 1 aromatic carbocycles. The molecule has 2 heteroatoms. The van der Waals surface area contributed by atoms with Gasteiger partial charge in [0.05, 0.1) is 6.61 Å². The monoisotopic (exact) mass is 178 g/mol. The summed E-state index contributed by atoms with van der Waals surface area (Å²) in [6.45, 7) is 2.22. The van der Waals surface area contributed by atoms with E-state index in [2.05, 4.69) is 6.92 Å². The first-order valence-electron chi connectivity index (χ1n) is 4.68. The van der Waals surface area contributed by atoms with E-state index in [1.54, 1.807) is 6.07 Å². The first-order valence-corrected chi connectivity index (χ1v) is 4.68. The van der Waals surface area contributed by atoms with Gasteiger partial charge in [-0.3, -0.25) is 0 Å². The number of aliphatic hydroxyl groups excluding tert-OH is 1. The average Bonchev–Trinajstić information content (AvgIpc) is 2.51. The average molecular weight is 178 g/mol. The molecule has 0 fully saturated rings. The molecule has 1 aliphatic rings. The van der Waals surface area contributed by atoms with Crippen molar-refractivity contribution in [2.75, 3.05) is 0 Å². The van der Waals surface area contributed by atoms with Crippen molar-refractivity contribution >= 4 is 0 Å². The summed E-state index contributed by atoms with van der Waals surface area (Å²) >= 11 is 0. The van der Waals surface area contributed by atoms with Gasteiger partial charge in [-0.15, -0.1) is 0 Å². The number of rotatable bonds is 1. The molecule has 0 amide bonds. The van der Waals surface area contributed by atoms with Crippen LogP contribution in [0.2, 0.25) is 0 Å². The van der Waals surface area contributed by atoms with Crippen LogP contribution in [0.3, 0.4) is 0 Å². The van der Waals surface area contributed by atoms with Crippen LogP contribution in [0.25, 0.3) is 0 Å². The van der Waals surface area contributed by atoms with Crippen LogP contribution in [0.4, 0.5) is 0 Å². The first-order chi connectivity index (χ1) is 6.24. The minimum absolute atomic E-state index is 0.0763. The van der Waals surface area contributed by atoms with Crippen LogP contribution in [-0.4, -0.2) is 10.2 Å². The van der Waals surface area contributed by atoms with Gasteiger partial charge in [0.15, 0.2) is 0 Å². The zero-order valence-corrected chi connectivity index (χ0v) is 7.75. The highest BCUT2D eigenvalue weighted by Gasteiger charge is 2.23. The third-order valence-corrected chi connectivity index (χ3v) is 2.91. The van der Waals surface area contributed by atoms with Gasteiger partial charge in [0.25, 0.3) is 0 Å². The van der Waals surface area contributed by atoms with Crippen LogP contribution >= 0.6 is 0 Å². The highest BCUT2D eigenvalue weighted by molar-refractivity contribution is 5.48. The lowest BCUT2D eigenvalue weighted by Crippen LogP contribution is -1.95. The lowest BCUT2D eigenvalue weighted by molar-refractivity contribution is 0.280. The van der Waals surface area contributed by atoms with Gasteiger partial charge in [-0.2, -0.15) is 0 Å². The maximum atomic E-state index is 9.59. The number of benzene rings is 1. The lowest BCUT2D eigenvalue weighted by atomic mass is 9.97. The van der Waals surface area contributed by atoms with E-state index in [-0.39, 0.29) is 6.61 Å². The Labute approximate surface area is 77.8 Å². The standard InChI is InChI=1S/C11H14O2/c1-7-2-4-9-10(13)5-3-8(6-12)11(7)9/h3,5,7,12-13H,2,4,6H2,1H3. The molecule has 2 rings (SSSR count). The van der Waals surface area contributed by atoms with Crippen molar-refractivity contribution < 1.29 is 10.2 Å². The zero-order chi connectivity index (χ0) is 9.42. The predicted molar refractivity (Wildman–Crippen MR) is 50.8 cm³/mol. The second-order valence-corrected chi connectivity index (χ2v) is 3.73. The SMILES string of the molecule is CC1CCc2c(O)ccc(CO)c21. The topological polar surface area (TPSA) is 40.5 Å². The maximum Gasteiger partial charge on any atom is 0.119 e. The summed E-state index contributed by atoms with van der Waals surface area (Å²) in [5.41, 5.74) is 3.18.